The third-order valence-corrected chi connectivity index (χ3v) is 19.3. The van der Waals surface area contributed by atoms with E-state index >= 15 is 4.39 Å². The van der Waals surface area contributed by atoms with Crippen molar-refractivity contribution < 1.29 is 46.4 Å². The molecule has 6 aromatic rings. The van der Waals surface area contributed by atoms with Gasteiger partial charge in [0.15, 0.2) is 11.4 Å². The van der Waals surface area contributed by atoms with Gasteiger partial charge < -0.3 is 44.8 Å². The number of carbonyl (C=O) groups is 1. The number of H-pyrrole nitrogens is 1. The Kier molecular flexibility index (Phi) is 16.5. The number of hydroxylamine groups is 1. The molecular weight excluding hydrogens is 1080 g/mol. The summed E-state index contributed by atoms with van der Waals surface area (Å²) in [4.78, 5) is 33.6. The number of nitrogens with zero attached hydrogens (tertiary/aromatic N) is 5. The standard InChI is InChI=1S/C63H75F2N9O8S/c1-7-55(65)81-45-16-12-41(13-17-45)36-72-28-29-74(51(37-72)47-11-9-8-10-46(47)39(2)3)44-33-63(34-44)24-26-73(27-25-63)43-15-18-48(52(31-43)82-61-53(80-6)30-42-14-19-49(64)56(42)69-61)60(75)70-83(78,79)54-32-50(71(5)77)57(59-58(54)67-38-68-59)66-35-40-20-22-62(4,76)23-21-40/h7-13,15-19,30-32,38-40,44,51,55,66,71,76H,1,14,20-29,33-37H2,2-6H3,(H,67,68)(H,70,75)/t40?,51-,55?,62?/m0/s1. The number of aromatic amines is 1. The van der Waals surface area contributed by atoms with Gasteiger partial charge in [0.25, 0.3) is 28.2 Å². The Morgan fingerprint density at radius 1 is 1.01 bits per heavy atom. The molecule has 2 unspecified atom stereocenters. The number of hydrogen-bond acceptors (Lipinski definition) is 14. The number of nitrogens with one attached hydrogen (secondary N) is 4. The lowest BCUT2D eigenvalue weighted by atomic mass is 9.59. The van der Waals surface area contributed by atoms with E-state index in [1.807, 2.05) is 31.2 Å². The van der Waals surface area contributed by atoms with E-state index in [0.717, 1.165) is 95.1 Å². The quantitative estimate of drug-likeness (QED) is 0.0379. The fourth-order valence-electron chi connectivity index (χ4n) is 13.2. The number of methoxy groups -OCH3 is 1. The number of anilines is 2. The van der Waals surface area contributed by atoms with Gasteiger partial charge in [-0.25, -0.2) is 27.5 Å². The number of pyridine rings is 1. The first-order chi connectivity index (χ1) is 39.8. The van der Waals surface area contributed by atoms with Crippen molar-refractivity contribution in [1.82, 2.24) is 29.5 Å². The summed E-state index contributed by atoms with van der Waals surface area (Å²) in [6, 6.07) is 25.0. The molecule has 4 heterocycles. The number of alkyl halides is 1. The van der Waals surface area contributed by atoms with E-state index in [1.54, 1.807) is 18.2 Å². The Labute approximate surface area is 484 Å². The fraction of sp³-hybridized carbons (Fsp3) is 0.444. The number of piperidine rings is 1. The van der Waals surface area contributed by atoms with Crippen molar-refractivity contribution >= 4 is 49.9 Å². The molecule has 4 aromatic carbocycles. The number of piperazine rings is 1. The molecule has 2 saturated carbocycles. The van der Waals surface area contributed by atoms with Crippen LogP contribution in [0.1, 0.15) is 122 Å². The van der Waals surface area contributed by atoms with Gasteiger partial charge in [0.1, 0.15) is 39.1 Å². The molecule has 0 radical (unpaired) electrons. The van der Waals surface area contributed by atoms with E-state index in [2.05, 4.69) is 84.4 Å². The molecule has 2 saturated heterocycles. The van der Waals surface area contributed by atoms with Crippen molar-refractivity contribution in [1.29, 1.82) is 0 Å². The van der Waals surface area contributed by atoms with Gasteiger partial charge in [-0.3, -0.25) is 14.6 Å². The van der Waals surface area contributed by atoms with Crippen LogP contribution in [-0.2, 0) is 23.0 Å². The molecule has 3 atom stereocenters. The lowest BCUT2D eigenvalue weighted by Gasteiger charge is -2.58. The summed E-state index contributed by atoms with van der Waals surface area (Å²) in [5, 5.41) is 26.7. The number of imidazole rings is 1. The van der Waals surface area contributed by atoms with E-state index < -0.39 is 38.8 Å². The maximum Gasteiger partial charge on any atom is 0.268 e. The molecule has 83 heavy (non-hydrogen) atoms. The first-order valence-corrected chi connectivity index (χ1v) is 30.4. The number of benzene rings is 4. The van der Waals surface area contributed by atoms with Crippen molar-refractivity contribution in [3.8, 4) is 23.1 Å². The number of allylic oxidation sites excluding steroid dienone is 1. The minimum atomic E-state index is -4.72. The third-order valence-electron chi connectivity index (χ3n) is 18.0. The minimum Gasteiger partial charge on any atom is -0.629 e. The number of halogens is 2. The Bertz CT molecular complexity index is 3510. The number of amides is 1. The zero-order chi connectivity index (χ0) is 58.4. The van der Waals surface area contributed by atoms with Gasteiger partial charge in [0.2, 0.25) is 0 Å². The summed E-state index contributed by atoms with van der Waals surface area (Å²) in [5.41, 5.74) is 5.43. The Morgan fingerprint density at radius 3 is 2.47 bits per heavy atom. The highest BCUT2D eigenvalue weighted by molar-refractivity contribution is 7.90. The average Bonchev–Trinajstić information content (AvgIpc) is 4.21. The van der Waals surface area contributed by atoms with Crippen molar-refractivity contribution in [2.45, 2.75) is 120 Å². The highest BCUT2D eigenvalue weighted by Crippen LogP contribution is 2.54. The number of carbonyl (C=O) groups excluding carboxylic acids is 1. The smallest absolute Gasteiger partial charge is 0.268 e. The molecule has 1 amide bonds. The molecule has 5 aliphatic rings. The Balaban J connectivity index is 0.814. The lowest BCUT2D eigenvalue weighted by Crippen LogP contribution is -2.98. The molecule has 11 rings (SSSR count). The van der Waals surface area contributed by atoms with E-state index in [0.29, 0.717) is 60.3 Å². The summed E-state index contributed by atoms with van der Waals surface area (Å²) < 4.78 is 77.6. The summed E-state index contributed by atoms with van der Waals surface area (Å²) in [6.07, 6.45) is 9.53. The summed E-state index contributed by atoms with van der Waals surface area (Å²) >= 11 is 0. The van der Waals surface area contributed by atoms with Gasteiger partial charge in [0.05, 0.1) is 37.2 Å². The Hall–Kier alpha value is -6.94. The van der Waals surface area contributed by atoms with Crippen molar-refractivity contribution in [2.24, 2.45) is 11.3 Å². The Morgan fingerprint density at radius 2 is 1.76 bits per heavy atom. The molecule has 440 valence electrons. The van der Waals surface area contributed by atoms with Crippen molar-refractivity contribution in [2.75, 3.05) is 63.6 Å². The summed E-state index contributed by atoms with van der Waals surface area (Å²) in [5.74, 6) is -0.423. The number of aliphatic hydroxyl groups is 1. The van der Waals surface area contributed by atoms with Crippen molar-refractivity contribution in [3.05, 3.63) is 143 Å². The molecule has 2 aromatic heterocycles. The van der Waals surface area contributed by atoms with Crippen LogP contribution < -0.4 is 34.2 Å². The first kappa shape index (κ1) is 57.9. The summed E-state index contributed by atoms with van der Waals surface area (Å²) in [7, 11) is -1.93. The van der Waals surface area contributed by atoms with Gasteiger partial charge in [0, 0.05) is 75.7 Å². The maximum absolute atomic E-state index is 15.1. The summed E-state index contributed by atoms with van der Waals surface area (Å²) in [6.45, 7) is 15.2. The zero-order valence-corrected chi connectivity index (χ0v) is 48.7. The van der Waals surface area contributed by atoms with Crippen LogP contribution in [0.25, 0.3) is 16.9 Å². The van der Waals surface area contributed by atoms with Crippen LogP contribution in [0.15, 0.2) is 109 Å². The van der Waals surface area contributed by atoms with E-state index in [1.165, 1.54) is 49.8 Å². The zero-order valence-electron chi connectivity index (χ0n) is 47.9. The first-order valence-electron chi connectivity index (χ1n) is 28.9. The monoisotopic (exact) mass is 1160 g/mol. The second kappa shape index (κ2) is 23.6. The highest BCUT2D eigenvalue weighted by atomic mass is 32.2. The van der Waals surface area contributed by atoms with Crippen molar-refractivity contribution in [3.63, 3.8) is 0 Å². The molecular formula is C63H75F2N9O8S. The van der Waals surface area contributed by atoms with Crippen LogP contribution in [-0.4, -0.2) is 116 Å². The van der Waals surface area contributed by atoms with E-state index in [-0.39, 0.29) is 62.1 Å². The van der Waals surface area contributed by atoms with E-state index in [9.17, 15) is 27.9 Å². The topological polar surface area (TPSA) is 202 Å². The van der Waals surface area contributed by atoms with Crippen LogP contribution >= 0.6 is 0 Å². The number of sulfonamides is 1. The minimum absolute atomic E-state index is 0.0261. The SMILES string of the molecule is C=CC(F)Oc1ccc(CN2CCN(C3CC4(CCN(c5ccc(C(=O)NS(=O)(=O)c6cc([NH+](C)[O-])c(NCC7CCC(C)(O)CC7)c7[nH]cnc67)c(Oc6nc7c(cc6OC)CC=C7F)c5)CC4)C3)[C@H](c3ccccc3C(C)C)C2)cc1. The van der Waals surface area contributed by atoms with Gasteiger partial charge in [-0.05, 0) is 147 Å². The average molecular weight is 1160 g/mol. The second-order valence-corrected chi connectivity index (χ2v) is 25.6. The molecule has 17 nitrogen and oxygen atoms in total. The van der Waals surface area contributed by atoms with Crippen LogP contribution in [0.2, 0.25) is 0 Å². The van der Waals surface area contributed by atoms with Crippen LogP contribution in [0.3, 0.4) is 0 Å². The van der Waals surface area contributed by atoms with Crippen LogP contribution in [0, 0.1) is 16.5 Å². The lowest BCUT2D eigenvalue weighted by molar-refractivity contribution is -0.750. The molecule has 0 bridgehead atoms. The predicted molar refractivity (Wildman–Crippen MR) is 316 cm³/mol. The normalized spacial score (nSPS) is 22.0. The fourth-order valence-corrected chi connectivity index (χ4v) is 14.3. The predicted octanol–water partition coefficient (Wildman–Crippen LogP) is 10.0. The molecule has 1 spiro atoms. The molecule has 2 aliphatic heterocycles. The molecule has 4 fully saturated rings. The van der Waals surface area contributed by atoms with Gasteiger partial charge in [-0.1, -0.05) is 56.8 Å². The third kappa shape index (κ3) is 12.2. The molecule has 3 aliphatic carbocycles. The number of rotatable bonds is 19. The second-order valence-electron chi connectivity index (χ2n) is 23.9. The highest BCUT2D eigenvalue weighted by Gasteiger charge is 2.50. The van der Waals surface area contributed by atoms with Crippen LogP contribution in [0.4, 0.5) is 25.8 Å². The molecule has 20 heteroatoms. The van der Waals surface area contributed by atoms with Gasteiger partial charge in [-0.2, -0.15) is 4.39 Å². The number of quaternary nitrogens is 1. The largest absolute Gasteiger partial charge is 0.629 e. The molecule has 5 N–H and O–H groups in total. The maximum atomic E-state index is 15.1. The number of hydrogen-bond donors (Lipinski definition) is 5. The number of ether oxygens (including phenoxy) is 3. The van der Waals surface area contributed by atoms with Gasteiger partial charge >= 0.3 is 0 Å². The van der Waals surface area contributed by atoms with E-state index in [4.69, 9.17) is 14.2 Å². The number of aromatic nitrogens is 3. The van der Waals surface area contributed by atoms with Gasteiger partial charge in [-0.15, -0.1) is 0 Å². The number of fused-ring (bicyclic) bond motifs is 2. The van der Waals surface area contributed by atoms with Crippen LogP contribution in [0.5, 0.6) is 23.1 Å².